The number of benzene rings is 1. The molecule has 2 nitrogen and oxygen atoms in total. The van der Waals surface area contributed by atoms with Crippen LogP contribution >= 0.6 is 0 Å². The minimum atomic E-state index is -0.161. The van der Waals surface area contributed by atoms with Gasteiger partial charge in [-0.15, -0.1) is 0 Å². The molecule has 108 valence electrons. The highest BCUT2D eigenvalue weighted by Gasteiger charge is 2.26. The van der Waals surface area contributed by atoms with Gasteiger partial charge in [-0.2, -0.15) is 0 Å². The van der Waals surface area contributed by atoms with Gasteiger partial charge < -0.3 is 10.2 Å². The zero-order chi connectivity index (χ0) is 14.5. The van der Waals surface area contributed by atoms with Gasteiger partial charge in [-0.1, -0.05) is 32.9 Å². The van der Waals surface area contributed by atoms with Crippen molar-refractivity contribution in [1.82, 2.24) is 10.2 Å². The average Bonchev–Trinajstić information content (AvgIpc) is 2.28. The van der Waals surface area contributed by atoms with Crippen molar-refractivity contribution in [2.24, 2.45) is 5.41 Å². The Hall–Kier alpha value is -0.930. The Morgan fingerprint density at radius 3 is 2.63 bits per heavy atom. The number of hydrogen-bond donors (Lipinski definition) is 1. The van der Waals surface area contributed by atoms with Crippen LogP contribution in [0.3, 0.4) is 0 Å². The van der Waals surface area contributed by atoms with E-state index in [0.29, 0.717) is 6.04 Å². The summed E-state index contributed by atoms with van der Waals surface area (Å²) in [6, 6.07) is 7.29. The minimum absolute atomic E-state index is 0.161. The SMILES string of the molecule is CCNC(C)C(C)(C)CN(C)Cc1cccc(F)c1. The highest BCUT2D eigenvalue weighted by Crippen LogP contribution is 2.22. The van der Waals surface area contributed by atoms with E-state index in [-0.39, 0.29) is 11.2 Å². The van der Waals surface area contributed by atoms with E-state index in [2.05, 4.69) is 45.0 Å². The lowest BCUT2D eigenvalue weighted by molar-refractivity contribution is 0.161. The average molecular weight is 266 g/mol. The van der Waals surface area contributed by atoms with Crippen molar-refractivity contribution in [3.8, 4) is 0 Å². The molecule has 1 aromatic rings. The maximum absolute atomic E-state index is 13.2. The summed E-state index contributed by atoms with van der Waals surface area (Å²) in [4.78, 5) is 2.25. The fourth-order valence-corrected chi connectivity index (χ4v) is 2.42. The molecule has 0 radical (unpaired) electrons. The predicted molar refractivity (Wildman–Crippen MR) is 79.7 cm³/mol. The Kier molecular flexibility index (Phi) is 5.95. The third-order valence-electron chi connectivity index (χ3n) is 3.70. The highest BCUT2D eigenvalue weighted by atomic mass is 19.1. The van der Waals surface area contributed by atoms with Crippen molar-refractivity contribution in [3.05, 3.63) is 35.6 Å². The van der Waals surface area contributed by atoms with Crippen LogP contribution < -0.4 is 5.32 Å². The van der Waals surface area contributed by atoms with Crippen molar-refractivity contribution in [3.63, 3.8) is 0 Å². The minimum Gasteiger partial charge on any atom is -0.314 e. The summed E-state index contributed by atoms with van der Waals surface area (Å²) in [7, 11) is 2.09. The number of nitrogens with zero attached hydrogens (tertiary/aromatic N) is 1. The van der Waals surface area contributed by atoms with Crippen molar-refractivity contribution < 1.29 is 4.39 Å². The van der Waals surface area contributed by atoms with E-state index in [1.165, 1.54) is 6.07 Å². The standard InChI is InChI=1S/C16H27FN2/c1-6-18-13(2)16(3,4)12-19(5)11-14-8-7-9-15(17)10-14/h7-10,13,18H,6,11-12H2,1-5H3. The first-order valence-corrected chi connectivity index (χ1v) is 7.01. The quantitative estimate of drug-likeness (QED) is 0.815. The van der Waals surface area contributed by atoms with Crippen molar-refractivity contribution in [2.75, 3.05) is 20.1 Å². The molecular weight excluding hydrogens is 239 g/mol. The van der Waals surface area contributed by atoms with Gasteiger partial charge >= 0.3 is 0 Å². The Balaban J connectivity index is 2.57. The fourth-order valence-electron chi connectivity index (χ4n) is 2.42. The first-order chi connectivity index (χ1) is 8.85. The smallest absolute Gasteiger partial charge is 0.123 e. The van der Waals surface area contributed by atoms with E-state index in [1.807, 2.05) is 6.07 Å². The summed E-state index contributed by atoms with van der Waals surface area (Å²) < 4.78 is 13.2. The zero-order valence-corrected chi connectivity index (χ0v) is 12.8. The van der Waals surface area contributed by atoms with Crippen LogP contribution in [0.1, 0.15) is 33.3 Å². The van der Waals surface area contributed by atoms with E-state index < -0.39 is 0 Å². The summed E-state index contributed by atoms with van der Waals surface area (Å²) in [5.74, 6) is -0.161. The maximum atomic E-state index is 13.2. The molecule has 0 aromatic heterocycles. The molecule has 19 heavy (non-hydrogen) atoms. The highest BCUT2D eigenvalue weighted by molar-refractivity contribution is 5.16. The topological polar surface area (TPSA) is 15.3 Å². The van der Waals surface area contributed by atoms with Crippen LogP contribution in [0, 0.1) is 11.2 Å². The van der Waals surface area contributed by atoms with Crippen LogP contribution in [-0.4, -0.2) is 31.1 Å². The summed E-state index contributed by atoms with van der Waals surface area (Å²) in [6.45, 7) is 11.6. The molecule has 1 atom stereocenters. The van der Waals surface area contributed by atoms with E-state index in [4.69, 9.17) is 0 Å². The van der Waals surface area contributed by atoms with Gasteiger partial charge in [0.2, 0.25) is 0 Å². The molecular formula is C16H27FN2. The normalized spacial score (nSPS) is 13.8. The van der Waals surface area contributed by atoms with Gasteiger partial charge in [-0.25, -0.2) is 4.39 Å². The van der Waals surface area contributed by atoms with Gasteiger partial charge in [-0.05, 0) is 43.6 Å². The summed E-state index contributed by atoms with van der Waals surface area (Å²) in [5, 5.41) is 3.48. The zero-order valence-electron chi connectivity index (χ0n) is 12.8. The van der Waals surface area contributed by atoms with E-state index in [0.717, 1.165) is 25.2 Å². The van der Waals surface area contributed by atoms with Crippen molar-refractivity contribution in [2.45, 2.75) is 40.3 Å². The summed E-state index contributed by atoms with van der Waals surface area (Å²) >= 11 is 0. The van der Waals surface area contributed by atoms with Crippen LogP contribution in [0.15, 0.2) is 24.3 Å². The Bertz CT molecular complexity index is 390. The number of hydrogen-bond acceptors (Lipinski definition) is 2. The predicted octanol–water partition coefficient (Wildman–Crippen LogP) is 3.28. The summed E-state index contributed by atoms with van der Waals surface area (Å²) in [6.07, 6.45) is 0. The van der Waals surface area contributed by atoms with Crippen LogP contribution in [0.25, 0.3) is 0 Å². The molecule has 0 amide bonds. The second-order valence-electron chi connectivity index (χ2n) is 6.07. The van der Waals surface area contributed by atoms with Crippen LogP contribution in [-0.2, 0) is 6.54 Å². The fraction of sp³-hybridized carbons (Fsp3) is 0.625. The van der Waals surface area contributed by atoms with Crippen molar-refractivity contribution in [1.29, 1.82) is 0 Å². The third kappa shape index (κ3) is 5.29. The first kappa shape index (κ1) is 16.1. The van der Waals surface area contributed by atoms with E-state index in [1.54, 1.807) is 12.1 Å². The number of rotatable bonds is 7. The number of nitrogens with one attached hydrogen (secondary N) is 1. The Labute approximate surface area is 117 Å². The summed E-state index contributed by atoms with van der Waals surface area (Å²) in [5.41, 5.74) is 1.20. The molecule has 3 heteroatoms. The van der Waals surface area contributed by atoms with Gasteiger partial charge in [0.05, 0.1) is 0 Å². The molecule has 0 fully saturated rings. The molecule has 0 saturated carbocycles. The number of halogens is 1. The molecule has 1 aromatic carbocycles. The van der Waals surface area contributed by atoms with Crippen LogP contribution in [0.2, 0.25) is 0 Å². The molecule has 0 aliphatic rings. The van der Waals surface area contributed by atoms with E-state index >= 15 is 0 Å². The monoisotopic (exact) mass is 266 g/mol. The molecule has 0 spiro atoms. The second-order valence-corrected chi connectivity index (χ2v) is 6.07. The van der Waals surface area contributed by atoms with Gasteiger partial charge in [0, 0.05) is 19.1 Å². The third-order valence-corrected chi connectivity index (χ3v) is 3.70. The molecule has 0 bridgehead atoms. The second kappa shape index (κ2) is 7.01. The molecule has 0 aliphatic heterocycles. The van der Waals surface area contributed by atoms with Gasteiger partial charge in [0.1, 0.15) is 5.82 Å². The van der Waals surface area contributed by atoms with Crippen LogP contribution in [0.5, 0.6) is 0 Å². The molecule has 1 N–H and O–H groups in total. The van der Waals surface area contributed by atoms with Crippen molar-refractivity contribution >= 4 is 0 Å². The first-order valence-electron chi connectivity index (χ1n) is 7.01. The van der Waals surface area contributed by atoms with Crippen LogP contribution in [0.4, 0.5) is 4.39 Å². The molecule has 0 aliphatic carbocycles. The Morgan fingerprint density at radius 2 is 2.05 bits per heavy atom. The lowest BCUT2D eigenvalue weighted by Crippen LogP contribution is -2.45. The molecule has 1 rings (SSSR count). The Morgan fingerprint density at radius 1 is 1.37 bits per heavy atom. The van der Waals surface area contributed by atoms with Gasteiger partial charge in [0.15, 0.2) is 0 Å². The van der Waals surface area contributed by atoms with Gasteiger partial charge in [-0.3, -0.25) is 0 Å². The maximum Gasteiger partial charge on any atom is 0.123 e. The van der Waals surface area contributed by atoms with E-state index in [9.17, 15) is 4.39 Å². The molecule has 0 heterocycles. The van der Waals surface area contributed by atoms with Gasteiger partial charge in [0.25, 0.3) is 0 Å². The lowest BCUT2D eigenvalue weighted by Gasteiger charge is -2.36. The largest absolute Gasteiger partial charge is 0.314 e. The molecule has 1 unspecified atom stereocenters. The molecule has 0 saturated heterocycles. The lowest BCUT2D eigenvalue weighted by atomic mass is 9.84.